The molecular formula is C14H15N3O3. The van der Waals surface area contributed by atoms with Gasteiger partial charge in [-0.05, 0) is 31.5 Å². The molecule has 0 aliphatic carbocycles. The lowest BCUT2D eigenvalue weighted by Gasteiger charge is -2.10. The summed E-state index contributed by atoms with van der Waals surface area (Å²) in [6, 6.07) is 8.54. The van der Waals surface area contributed by atoms with Crippen LogP contribution in [0.15, 0.2) is 30.3 Å². The zero-order chi connectivity index (χ0) is 14.7. The molecule has 0 aliphatic rings. The van der Waals surface area contributed by atoms with Crippen LogP contribution in [0.4, 0.5) is 11.5 Å². The minimum atomic E-state index is -0.397. The van der Waals surface area contributed by atoms with Crippen LogP contribution in [-0.4, -0.2) is 17.0 Å². The number of ether oxygens (including phenoxy) is 1. The van der Waals surface area contributed by atoms with Crippen molar-refractivity contribution in [1.82, 2.24) is 4.98 Å². The van der Waals surface area contributed by atoms with E-state index < -0.39 is 4.92 Å². The summed E-state index contributed by atoms with van der Waals surface area (Å²) in [5, 5.41) is 13.8. The van der Waals surface area contributed by atoms with Crippen LogP contribution in [-0.2, 0) is 0 Å². The maximum absolute atomic E-state index is 10.9. The van der Waals surface area contributed by atoms with Crippen LogP contribution in [0.5, 0.6) is 11.6 Å². The van der Waals surface area contributed by atoms with Gasteiger partial charge in [0.1, 0.15) is 11.6 Å². The molecule has 1 aromatic carbocycles. The Labute approximate surface area is 116 Å². The average Bonchev–Trinajstić information content (AvgIpc) is 2.42. The number of nitrogens with zero attached hydrogens (tertiary/aromatic N) is 2. The Balaban J connectivity index is 2.34. The van der Waals surface area contributed by atoms with E-state index in [4.69, 9.17) is 4.74 Å². The first-order valence-electron chi connectivity index (χ1n) is 6.09. The van der Waals surface area contributed by atoms with Gasteiger partial charge in [-0.1, -0.05) is 6.07 Å². The lowest BCUT2D eigenvalue weighted by molar-refractivity contribution is -0.385. The molecule has 104 valence electrons. The van der Waals surface area contributed by atoms with Crippen LogP contribution in [0, 0.1) is 24.0 Å². The van der Waals surface area contributed by atoms with Crippen molar-refractivity contribution in [2.24, 2.45) is 0 Å². The molecule has 1 heterocycles. The molecular weight excluding hydrogens is 258 g/mol. The molecule has 2 rings (SSSR count). The molecule has 0 aliphatic heterocycles. The molecule has 20 heavy (non-hydrogen) atoms. The maximum atomic E-state index is 10.9. The van der Waals surface area contributed by atoms with E-state index in [2.05, 4.69) is 10.3 Å². The van der Waals surface area contributed by atoms with E-state index in [1.165, 1.54) is 6.07 Å². The second kappa shape index (κ2) is 5.56. The van der Waals surface area contributed by atoms with Gasteiger partial charge in [-0.3, -0.25) is 10.1 Å². The van der Waals surface area contributed by atoms with E-state index in [0.717, 1.165) is 0 Å². The topological polar surface area (TPSA) is 77.3 Å². The number of benzene rings is 1. The summed E-state index contributed by atoms with van der Waals surface area (Å²) in [7, 11) is 1.77. The molecule has 0 radical (unpaired) electrons. The number of hydrogen-bond donors (Lipinski definition) is 1. The van der Waals surface area contributed by atoms with E-state index >= 15 is 0 Å². The quantitative estimate of drug-likeness (QED) is 0.682. The largest absolute Gasteiger partial charge is 0.439 e. The zero-order valence-corrected chi connectivity index (χ0v) is 11.5. The summed E-state index contributed by atoms with van der Waals surface area (Å²) >= 11 is 0. The summed E-state index contributed by atoms with van der Waals surface area (Å²) in [6.45, 7) is 3.45. The minimum Gasteiger partial charge on any atom is -0.439 e. The summed E-state index contributed by atoms with van der Waals surface area (Å²) in [6.07, 6.45) is 0. The molecule has 0 fully saturated rings. The summed E-state index contributed by atoms with van der Waals surface area (Å²) in [5.41, 5.74) is 1.34. The molecule has 0 saturated heterocycles. The van der Waals surface area contributed by atoms with Crippen molar-refractivity contribution >= 4 is 11.5 Å². The van der Waals surface area contributed by atoms with Crippen LogP contribution < -0.4 is 10.1 Å². The number of aryl methyl sites for hydroxylation is 2. The second-order valence-electron chi connectivity index (χ2n) is 4.37. The van der Waals surface area contributed by atoms with Crippen molar-refractivity contribution < 1.29 is 9.66 Å². The van der Waals surface area contributed by atoms with Crippen molar-refractivity contribution in [3.05, 3.63) is 51.6 Å². The van der Waals surface area contributed by atoms with Crippen LogP contribution >= 0.6 is 0 Å². The third-order valence-electron chi connectivity index (χ3n) is 2.88. The Kier molecular flexibility index (Phi) is 3.84. The molecule has 1 N–H and O–H groups in total. The first-order valence-corrected chi connectivity index (χ1v) is 6.09. The molecule has 2 aromatic rings. The molecule has 1 aromatic heterocycles. The van der Waals surface area contributed by atoms with E-state index in [9.17, 15) is 10.1 Å². The van der Waals surface area contributed by atoms with Gasteiger partial charge in [0.15, 0.2) is 0 Å². The highest BCUT2D eigenvalue weighted by Crippen LogP contribution is 2.30. The Morgan fingerprint density at radius 3 is 2.65 bits per heavy atom. The zero-order valence-electron chi connectivity index (χ0n) is 11.5. The number of anilines is 1. The Bertz CT molecular complexity index is 656. The van der Waals surface area contributed by atoms with E-state index in [1.807, 2.05) is 12.1 Å². The highest BCUT2D eigenvalue weighted by molar-refractivity contribution is 5.50. The second-order valence-corrected chi connectivity index (χ2v) is 4.37. The maximum Gasteiger partial charge on any atom is 0.272 e. The number of rotatable bonds is 4. The number of pyridine rings is 1. The lowest BCUT2D eigenvalue weighted by Crippen LogP contribution is -1.97. The van der Waals surface area contributed by atoms with E-state index in [-0.39, 0.29) is 5.69 Å². The van der Waals surface area contributed by atoms with Gasteiger partial charge in [-0.2, -0.15) is 4.98 Å². The predicted molar refractivity (Wildman–Crippen MR) is 76.4 cm³/mol. The molecule has 6 nitrogen and oxygen atoms in total. The molecule has 0 saturated carbocycles. The molecule has 0 atom stereocenters. The standard InChI is InChI=1S/C14H15N3O3/c1-9-8-12(10(2)7-11(9)17(18)19)20-14-6-4-5-13(15-3)16-14/h4-8H,1-3H3,(H,15,16). The Hall–Kier alpha value is -2.63. The minimum absolute atomic E-state index is 0.0896. The van der Waals surface area contributed by atoms with Gasteiger partial charge in [-0.25, -0.2) is 0 Å². The fourth-order valence-corrected chi connectivity index (χ4v) is 1.80. The van der Waals surface area contributed by atoms with Crippen molar-refractivity contribution in [3.63, 3.8) is 0 Å². The van der Waals surface area contributed by atoms with Crippen molar-refractivity contribution in [2.45, 2.75) is 13.8 Å². The van der Waals surface area contributed by atoms with Crippen LogP contribution in [0.3, 0.4) is 0 Å². The number of aromatic nitrogens is 1. The van der Waals surface area contributed by atoms with Gasteiger partial charge < -0.3 is 10.1 Å². The van der Waals surface area contributed by atoms with Gasteiger partial charge in [0, 0.05) is 24.7 Å². The summed E-state index contributed by atoms with van der Waals surface area (Å²) < 4.78 is 5.69. The van der Waals surface area contributed by atoms with Gasteiger partial charge in [0.2, 0.25) is 5.88 Å². The van der Waals surface area contributed by atoms with E-state index in [1.54, 1.807) is 33.0 Å². The van der Waals surface area contributed by atoms with Crippen LogP contribution in [0.1, 0.15) is 11.1 Å². The molecule has 0 amide bonds. The lowest BCUT2D eigenvalue weighted by atomic mass is 10.1. The Morgan fingerprint density at radius 1 is 1.25 bits per heavy atom. The van der Waals surface area contributed by atoms with Crippen molar-refractivity contribution in [1.29, 1.82) is 0 Å². The third-order valence-corrected chi connectivity index (χ3v) is 2.88. The summed E-state index contributed by atoms with van der Waals surface area (Å²) in [5.74, 6) is 1.70. The SMILES string of the molecule is CNc1cccc(Oc2cc(C)c([N+](=O)[O-])cc2C)n1. The average molecular weight is 273 g/mol. The molecule has 6 heteroatoms. The van der Waals surface area contributed by atoms with Gasteiger partial charge in [-0.15, -0.1) is 0 Å². The van der Waals surface area contributed by atoms with Crippen molar-refractivity contribution in [3.8, 4) is 11.6 Å². The molecule has 0 bridgehead atoms. The van der Waals surface area contributed by atoms with Gasteiger partial charge >= 0.3 is 0 Å². The first-order chi connectivity index (χ1) is 9.51. The number of hydrogen-bond acceptors (Lipinski definition) is 5. The fourth-order valence-electron chi connectivity index (χ4n) is 1.80. The van der Waals surface area contributed by atoms with Gasteiger partial charge in [0.25, 0.3) is 5.69 Å². The monoisotopic (exact) mass is 273 g/mol. The third kappa shape index (κ3) is 2.85. The Morgan fingerprint density at radius 2 is 2.00 bits per heavy atom. The van der Waals surface area contributed by atoms with Crippen LogP contribution in [0.25, 0.3) is 0 Å². The van der Waals surface area contributed by atoms with Crippen LogP contribution in [0.2, 0.25) is 0 Å². The number of nitrogens with one attached hydrogen (secondary N) is 1. The number of nitro benzene ring substituents is 1. The summed E-state index contributed by atoms with van der Waals surface area (Å²) in [4.78, 5) is 14.7. The fraction of sp³-hybridized carbons (Fsp3) is 0.214. The van der Waals surface area contributed by atoms with Gasteiger partial charge in [0.05, 0.1) is 4.92 Å². The highest BCUT2D eigenvalue weighted by Gasteiger charge is 2.14. The normalized spacial score (nSPS) is 10.2. The molecule has 0 unspecified atom stereocenters. The van der Waals surface area contributed by atoms with Crippen molar-refractivity contribution in [2.75, 3.05) is 12.4 Å². The molecule has 0 spiro atoms. The first kappa shape index (κ1) is 13.8. The number of nitro groups is 1. The highest BCUT2D eigenvalue weighted by atomic mass is 16.6. The predicted octanol–water partition coefficient (Wildman–Crippen LogP) is 3.44. The van der Waals surface area contributed by atoms with E-state index in [0.29, 0.717) is 28.6 Å². The smallest absolute Gasteiger partial charge is 0.272 e.